The lowest BCUT2D eigenvalue weighted by Gasteiger charge is -2.35. The second-order valence-corrected chi connectivity index (χ2v) is 7.48. The van der Waals surface area contributed by atoms with Gasteiger partial charge in [-0.1, -0.05) is 0 Å². The number of carbonyl (C=O) groups excluding carboxylic acids is 4. The zero-order valence-corrected chi connectivity index (χ0v) is 18.1. The number of nitrogens with one attached hydrogen (secondary N) is 4. The Morgan fingerprint density at radius 3 is 2.48 bits per heavy atom. The smallest absolute Gasteiger partial charge is 0.325 e. The second kappa shape index (κ2) is 12.1. The van der Waals surface area contributed by atoms with Crippen LogP contribution in [0.25, 0.3) is 0 Å². The van der Waals surface area contributed by atoms with Gasteiger partial charge in [0.1, 0.15) is 23.8 Å². The van der Waals surface area contributed by atoms with Crippen molar-refractivity contribution in [2.45, 2.75) is 31.6 Å². The van der Waals surface area contributed by atoms with Crippen molar-refractivity contribution < 1.29 is 28.7 Å². The van der Waals surface area contributed by atoms with Gasteiger partial charge in [-0.15, -0.1) is 11.8 Å². The largest absolute Gasteiger partial charge is 0.494 e. The van der Waals surface area contributed by atoms with Crippen molar-refractivity contribution >= 4 is 35.5 Å². The van der Waals surface area contributed by atoms with Gasteiger partial charge in [0.15, 0.2) is 0 Å². The van der Waals surface area contributed by atoms with Crippen LogP contribution in [0, 0.1) is 0 Å². The molecule has 170 valence electrons. The van der Waals surface area contributed by atoms with Crippen LogP contribution in [0.1, 0.15) is 24.2 Å². The van der Waals surface area contributed by atoms with Crippen molar-refractivity contribution in [2.24, 2.45) is 5.73 Å². The van der Waals surface area contributed by atoms with Gasteiger partial charge in [-0.05, 0) is 38.1 Å². The lowest BCUT2D eigenvalue weighted by Crippen LogP contribution is -2.70. The molecule has 1 aliphatic heterocycles. The number of amides is 3. The topological polar surface area (TPSA) is 161 Å². The fourth-order valence-corrected chi connectivity index (χ4v) is 3.50. The zero-order chi connectivity index (χ0) is 22.8. The van der Waals surface area contributed by atoms with Gasteiger partial charge in [0, 0.05) is 5.56 Å². The van der Waals surface area contributed by atoms with Gasteiger partial charge in [0.2, 0.25) is 11.8 Å². The highest BCUT2D eigenvalue weighted by atomic mass is 32.2. The number of rotatable bonds is 10. The summed E-state index contributed by atoms with van der Waals surface area (Å²) >= 11 is 1.09. The third-order valence-electron chi connectivity index (χ3n) is 4.09. The van der Waals surface area contributed by atoms with Gasteiger partial charge in [-0.2, -0.15) is 0 Å². The molecular formula is C19H27N5O6S. The van der Waals surface area contributed by atoms with Crippen molar-refractivity contribution in [1.29, 1.82) is 0 Å². The normalized spacial score (nSPS) is 20.4. The van der Waals surface area contributed by atoms with Crippen LogP contribution >= 0.6 is 11.8 Å². The van der Waals surface area contributed by atoms with E-state index in [1.165, 1.54) is 0 Å². The Morgan fingerprint density at radius 2 is 1.87 bits per heavy atom. The first kappa shape index (κ1) is 24.4. The van der Waals surface area contributed by atoms with E-state index >= 15 is 0 Å². The fourth-order valence-electron chi connectivity index (χ4n) is 2.63. The molecule has 0 spiro atoms. The van der Waals surface area contributed by atoms with Crippen LogP contribution in [-0.2, 0) is 19.1 Å². The quantitative estimate of drug-likeness (QED) is 0.277. The fraction of sp³-hybridized carbons (Fsp3) is 0.474. The van der Waals surface area contributed by atoms with Gasteiger partial charge in [-0.3, -0.25) is 24.5 Å². The minimum absolute atomic E-state index is 0.0206. The summed E-state index contributed by atoms with van der Waals surface area (Å²) in [5.74, 6) is -1.24. The summed E-state index contributed by atoms with van der Waals surface area (Å²) in [6.45, 7) is 4.05. The molecule has 0 bridgehead atoms. The van der Waals surface area contributed by atoms with Crippen molar-refractivity contribution in [1.82, 2.24) is 21.3 Å². The molecule has 1 fully saturated rings. The molecule has 1 saturated heterocycles. The van der Waals surface area contributed by atoms with Crippen LogP contribution in [0.15, 0.2) is 24.3 Å². The first-order chi connectivity index (χ1) is 14.8. The molecule has 11 nitrogen and oxygen atoms in total. The minimum Gasteiger partial charge on any atom is -0.494 e. The molecule has 3 unspecified atom stereocenters. The minimum atomic E-state index is -0.992. The van der Waals surface area contributed by atoms with Crippen LogP contribution in [-0.4, -0.2) is 66.9 Å². The molecule has 6 N–H and O–H groups in total. The summed E-state index contributed by atoms with van der Waals surface area (Å²) in [4.78, 5) is 47.9. The van der Waals surface area contributed by atoms with Gasteiger partial charge < -0.3 is 31.2 Å². The molecule has 0 aliphatic carbocycles. The molecule has 1 aliphatic rings. The SMILES string of the molecule is CCOC(=O)CNC(=O)CSC1NC(=O)C(NC(=O)c2ccc(OCC)cc2)C(N)N1. The lowest BCUT2D eigenvalue weighted by molar-refractivity contribution is -0.143. The Hall–Kier alpha value is -2.83. The van der Waals surface area contributed by atoms with Crippen LogP contribution < -0.4 is 31.7 Å². The first-order valence-corrected chi connectivity index (χ1v) is 10.8. The zero-order valence-electron chi connectivity index (χ0n) is 17.3. The summed E-state index contributed by atoms with van der Waals surface area (Å²) in [6.07, 6.45) is -0.861. The predicted molar refractivity (Wildman–Crippen MR) is 114 cm³/mol. The molecule has 0 saturated carbocycles. The second-order valence-electron chi connectivity index (χ2n) is 6.38. The third kappa shape index (κ3) is 7.74. The average Bonchev–Trinajstić information content (AvgIpc) is 2.74. The maximum absolute atomic E-state index is 12.4. The lowest BCUT2D eigenvalue weighted by atomic mass is 10.1. The standard InChI is InChI=1S/C19H27N5O6S/c1-3-29-12-7-5-11(6-8-12)17(27)22-15-16(20)23-19(24-18(15)28)31-10-13(25)21-9-14(26)30-4-2/h5-8,15-16,19,23H,3-4,9-10,20H2,1-2H3,(H,21,25)(H,22,27)(H,24,28). The Kier molecular flexibility index (Phi) is 9.56. The Bertz CT molecular complexity index is 790. The molecule has 1 heterocycles. The number of carbonyl (C=O) groups is 4. The Morgan fingerprint density at radius 1 is 1.16 bits per heavy atom. The number of ether oxygens (including phenoxy) is 2. The van der Waals surface area contributed by atoms with E-state index in [0.717, 1.165) is 11.8 Å². The number of esters is 1. The molecule has 1 aromatic carbocycles. The van der Waals surface area contributed by atoms with Crippen molar-refractivity contribution in [3.8, 4) is 5.75 Å². The van der Waals surface area contributed by atoms with E-state index < -0.39 is 41.4 Å². The predicted octanol–water partition coefficient (Wildman–Crippen LogP) is -1.12. The molecule has 3 atom stereocenters. The van der Waals surface area contributed by atoms with Gasteiger partial charge >= 0.3 is 5.97 Å². The maximum atomic E-state index is 12.4. The highest BCUT2D eigenvalue weighted by Crippen LogP contribution is 2.14. The summed E-state index contributed by atoms with van der Waals surface area (Å²) < 4.78 is 10.1. The molecule has 2 rings (SSSR count). The summed E-state index contributed by atoms with van der Waals surface area (Å²) in [5, 5.41) is 10.6. The highest BCUT2D eigenvalue weighted by molar-refractivity contribution is 8.00. The van der Waals surface area contributed by atoms with Crippen molar-refractivity contribution in [3.63, 3.8) is 0 Å². The maximum Gasteiger partial charge on any atom is 0.325 e. The number of hydrogen-bond donors (Lipinski definition) is 5. The molecule has 0 aromatic heterocycles. The van der Waals surface area contributed by atoms with Crippen molar-refractivity contribution in [3.05, 3.63) is 29.8 Å². The van der Waals surface area contributed by atoms with E-state index in [-0.39, 0.29) is 18.9 Å². The number of hydrogen-bond acceptors (Lipinski definition) is 9. The number of benzene rings is 1. The van der Waals surface area contributed by atoms with Gasteiger partial charge in [-0.25, -0.2) is 0 Å². The Balaban J connectivity index is 1.80. The Labute approximate surface area is 184 Å². The van der Waals surface area contributed by atoms with E-state index in [2.05, 4.69) is 21.3 Å². The highest BCUT2D eigenvalue weighted by Gasteiger charge is 2.35. The van der Waals surface area contributed by atoms with Gasteiger partial charge in [0.05, 0.1) is 25.1 Å². The molecule has 31 heavy (non-hydrogen) atoms. The monoisotopic (exact) mass is 453 g/mol. The number of thioether (sulfide) groups is 1. The molecule has 1 aromatic rings. The molecule has 12 heteroatoms. The van der Waals surface area contributed by atoms with Crippen LogP contribution in [0.2, 0.25) is 0 Å². The van der Waals surface area contributed by atoms with Crippen LogP contribution in [0.4, 0.5) is 0 Å². The first-order valence-electron chi connectivity index (χ1n) is 9.73. The molecule has 0 radical (unpaired) electrons. The van der Waals surface area contributed by atoms with E-state index in [0.29, 0.717) is 17.9 Å². The van der Waals surface area contributed by atoms with Crippen molar-refractivity contribution in [2.75, 3.05) is 25.5 Å². The van der Waals surface area contributed by atoms with Crippen LogP contribution in [0.5, 0.6) is 5.75 Å². The summed E-state index contributed by atoms with van der Waals surface area (Å²) in [5.41, 5.74) is 5.74. The molecular weight excluding hydrogens is 426 g/mol. The number of nitrogens with two attached hydrogens (primary N) is 1. The third-order valence-corrected chi connectivity index (χ3v) is 5.11. The van der Waals surface area contributed by atoms with E-state index in [1.807, 2.05) is 6.92 Å². The molecule has 3 amide bonds. The average molecular weight is 454 g/mol. The van der Waals surface area contributed by atoms with Gasteiger partial charge in [0.25, 0.3) is 5.91 Å². The van der Waals surface area contributed by atoms with E-state index in [9.17, 15) is 19.2 Å². The van der Waals surface area contributed by atoms with Crippen LogP contribution in [0.3, 0.4) is 0 Å². The van der Waals surface area contributed by atoms with E-state index in [4.69, 9.17) is 15.2 Å². The van der Waals surface area contributed by atoms with E-state index in [1.54, 1.807) is 31.2 Å². The summed E-state index contributed by atoms with van der Waals surface area (Å²) in [6, 6.07) is 5.52. The summed E-state index contributed by atoms with van der Waals surface area (Å²) in [7, 11) is 0.